The van der Waals surface area contributed by atoms with E-state index in [0.717, 1.165) is 5.56 Å². The van der Waals surface area contributed by atoms with E-state index in [-0.39, 0.29) is 5.91 Å². The standard InChI is InChI=1S/C19H19NO5/c1-24-18(22)15-13-8-9-14(16(15)19(23)25-2)20(17(13)21)11-10-12-6-4-3-5-7-12/h3-11,13-16H,1-2H3/b11-10+. The highest BCUT2D eigenvalue weighted by atomic mass is 16.5. The number of hydrogen-bond donors (Lipinski definition) is 0. The zero-order valence-electron chi connectivity index (χ0n) is 14.0. The minimum absolute atomic E-state index is 0.227. The second-order valence-electron chi connectivity index (χ2n) is 5.97. The van der Waals surface area contributed by atoms with Gasteiger partial charge in [0.05, 0.1) is 38.0 Å². The number of carbonyl (C=O) groups excluding carboxylic acids is 3. The Morgan fingerprint density at radius 1 is 1.00 bits per heavy atom. The Balaban J connectivity index is 1.94. The van der Waals surface area contributed by atoms with Crippen LogP contribution in [-0.2, 0) is 23.9 Å². The molecule has 1 aliphatic carbocycles. The molecule has 4 rings (SSSR count). The number of carbonyl (C=O) groups is 3. The highest BCUT2D eigenvalue weighted by molar-refractivity contribution is 5.95. The highest BCUT2D eigenvalue weighted by Gasteiger charge is 2.56. The fourth-order valence-corrected chi connectivity index (χ4v) is 3.48. The van der Waals surface area contributed by atoms with Gasteiger partial charge in [0.2, 0.25) is 5.91 Å². The first-order chi connectivity index (χ1) is 12.1. The maximum atomic E-state index is 12.8. The molecule has 1 amide bonds. The highest BCUT2D eigenvalue weighted by Crippen LogP contribution is 2.41. The van der Waals surface area contributed by atoms with Gasteiger partial charge in [-0.2, -0.15) is 0 Å². The normalized spacial score (nSPS) is 27.6. The molecule has 2 heterocycles. The summed E-state index contributed by atoms with van der Waals surface area (Å²) in [5.74, 6) is -3.71. The molecule has 0 radical (unpaired) electrons. The van der Waals surface area contributed by atoms with Crippen LogP contribution in [0.2, 0.25) is 0 Å². The molecule has 0 saturated carbocycles. The molecule has 1 aromatic carbocycles. The van der Waals surface area contributed by atoms with Gasteiger partial charge in [-0.1, -0.05) is 42.5 Å². The molecule has 25 heavy (non-hydrogen) atoms. The van der Waals surface area contributed by atoms with E-state index in [1.54, 1.807) is 24.4 Å². The van der Waals surface area contributed by atoms with Gasteiger partial charge in [-0.25, -0.2) is 0 Å². The molecule has 0 spiro atoms. The number of nitrogens with zero attached hydrogens (tertiary/aromatic N) is 1. The van der Waals surface area contributed by atoms with E-state index in [0.29, 0.717) is 0 Å². The van der Waals surface area contributed by atoms with Gasteiger partial charge >= 0.3 is 11.9 Å². The largest absolute Gasteiger partial charge is 0.469 e. The number of amides is 1. The summed E-state index contributed by atoms with van der Waals surface area (Å²) in [6.45, 7) is 0. The van der Waals surface area contributed by atoms with Crippen LogP contribution in [0.3, 0.4) is 0 Å². The van der Waals surface area contributed by atoms with Crippen LogP contribution in [0.1, 0.15) is 5.56 Å². The predicted molar refractivity (Wildman–Crippen MR) is 89.8 cm³/mol. The third kappa shape index (κ3) is 2.95. The summed E-state index contributed by atoms with van der Waals surface area (Å²) in [4.78, 5) is 38.7. The van der Waals surface area contributed by atoms with Crippen LogP contribution in [0.4, 0.5) is 0 Å². The molecule has 0 N–H and O–H groups in total. The summed E-state index contributed by atoms with van der Waals surface area (Å²) < 4.78 is 9.68. The number of piperidine rings is 1. The molecular formula is C19H19NO5. The number of methoxy groups -OCH3 is 2. The van der Waals surface area contributed by atoms with Crippen LogP contribution in [-0.4, -0.2) is 43.0 Å². The molecule has 4 unspecified atom stereocenters. The van der Waals surface area contributed by atoms with Crippen molar-refractivity contribution in [3.63, 3.8) is 0 Å². The van der Waals surface area contributed by atoms with Crippen LogP contribution in [0.5, 0.6) is 0 Å². The molecule has 6 nitrogen and oxygen atoms in total. The molecule has 6 heteroatoms. The molecule has 4 atom stereocenters. The second kappa shape index (κ2) is 6.93. The zero-order chi connectivity index (χ0) is 18.0. The van der Waals surface area contributed by atoms with E-state index in [9.17, 15) is 14.4 Å². The Morgan fingerprint density at radius 2 is 1.64 bits per heavy atom. The number of fused-ring (bicyclic) bond motifs is 2. The van der Waals surface area contributed by atoms with E-state index in [2.05, 4.69) is 0 Å². The molecule has 1 fully saturated rings. The van der Waals surface area contributed by atoms with Crippen molar-refractivity contribution in [1.82, 2.24) is 4.90 Å². The Bertz CT molecular complexity index is 739. The maximum Gasteiger partial charge on any atom is 0.312 e. The molecule has 2 bridgehead atoms. The summed E-state index contributed by atoms with van der Waals surface area (Å²) >= 11 is 0. The number of rotatable bonds is 4. The van der Waals surface area contributed by atoms with Gasteiger partial charge in [0.25, 0.3) is 0 Å². The van der Waals surface area contributed by atoms with E-state index in [1.165, 1.54) is 19.1 Å². The average molecular weight is 341 g/mol. The van der Waals surface area contributed by atoms with Gasteiger partial charge in [0.15, 0.2) is 0 Å². The van der Waals surface area contributed by atoms with Crippen LogP contribution in [0, 0.1) is 17.8 Å². The number of benzene rings is 1. The average Bonchev–Trinajstić information content (AvgIpc) is 2.66. The van der Waals surface area contributed by atoms with Gasteiger partial charge in [0.1, 0.15) is 0 Å². The van der Waals surface area contributed by atoms with E-state index < -0.39 is 35.7 Å². The van der Waals surface area contributed by atoms with Crippen LogP contribution in [0.15, 0.2) is 48.7 Å². The maximum absolute atomic E-state index is 12.8. The van der Waals surface area contributed by atoms with Crippen molar-refractivity contribution in [2.45, 2.75) is 6.04 Å². The lowest BCUT2D eigenvalue weighted by Crippen LogP contribution is -2.60. The molecule has 1 aromatic rings. The molecule has 0 aromatic heterocycles. The zero-order valence-corrected chi connectivity index (χ0v) is 14.0. The van der Waals surface area contributed by atoms with E-state index >= 15 is 0 Å². The second-order valence-corrected chi connectivity index (χ2v) is 5.97. The third-order valence-corrected chi connectivity index (χ3v) is 4.69. The topological polar surface area (TPSA) is 72.9 Å². The minimum atomic E-state index is -0.860. The molecule has 130 valence electrons. The smallest absolute Gasteiger partial charge is 0.312 e. The van der Waals surface area contributed by atoms with E-state index in [4.69, 9.17) is 9.47 Å². The lowest BCUT2D eigenvalue weighted by molar-refractivity contribution is -0.170. The number of esters is 2. The van der Waals surface area contributed by atoms with E-state index in [1.807, 2.05) is 30.3 Å². The Hall–Kier alpha value is -2.89. The van der Waals surface area contributed by atoms with Gasteiger partial charge in [-0.15, -0.1) is 0 Å². The monoisotopic (exact) mass is 341 g/mol. The first kappa shape index (κ1) is 17.0. The summed E-state index contributed by atoms with van der Waals surface area (Å²) in [5, 5.41) is 0. The van der Waals surface area contributed by atoms with Crippen molar-refractivity contribution in [2.75, 3.05) is 14.2 Å². The van der Waals surface area contributed by atoms with Crippen molar-refractivity contribution in [3.8, 4) is 0 Å². The first-order valence-electron chi connectivity index (χ1n) is 7.98. The summed E-state index contributed by atoms with van der Waals surface area (Å²) in [6.07, 6.45) is 6.92. The first-order valence-corrected chi connectivity index (χ1v) is 7.98. The molecular weight excluding hydrogens is 322 g/mol. The minimum Gasteiger partial charge on any atom is -0.469 e. The van der Waals surface area contributed by atoms with Crippen molar-refractivity contribution in [1.29, 1.82) is 0 Å². The quantitative estimate of drug-likeness (QED) is 0.615. The summed E-state index contributed by atoms with van der Waals surface area (Å²) in [7, 11) is 2.52. The van der Waals surface area contributed by atoms with Gasteiger partial charge in [0, 0.05) is 6.20 Å². The lowest BCUT2D eigenvalue weighted by atomic mass is 9.68. The SMILES string of the molecule is COC(=O)C1C2C=CC(C1C(=O)OC)N(/C=C/c1ccccc1)C2=O. The van der Waals surface area contributed by atoms with Crippen LogP contribution < -0.4 is 0 Å². The van der Waals surface area contributed by atoms with Crippen molar-refractivity contribution in [3.05, 3.63) is 54.2 Å². The van der Waals surface area contributed by atoms with Crippen LogP contribution in [0.25, 0.3) is 6.08 Å². The summed E-state index contributed by atoms with van der Waals surface area (Å²) in [6, 6.07) is 8.95. The number of hydrogen-bond acceptors (Lipinski definition) is 5. The Labute approximate surface area is 145 Å². The fraction of sp³-hybridized carbons (Fsp3) is 0.316. The fourth-order valence-electron chi connectivity index (χ4n) is 3.48. The van der Waals surface area contributed by atoms with Gasteiger partial charge in [-0.05, 0) is 11.6 Å². The van der Waals surface area contributed by atoms with Crippen molar-refractivity contribution in [2.24, 2.45) is 17.8 Å². The predicted octanol–water partition coefficient (Wildman–Crippen LogP) is 1.63. The van der Waals surface area contributed by atoms with Crippen LogP contribution >= 0.6 is 0 Å². The number of ether oxygens (including phenoxy) is 2. The van der Waals surface area contributed by atoms with Gasteiger partial charge < -0.3 is 14.4 Å². The Morgan fingerprint density at radius 3 is 2.28 bits per heavy atom. The molecule has 3 aliphatic rings. The van der Waals surface area contributed by atoms with Crippen molar-refractivity contribution >= 4 is 23.9 Å². The van der Waals surface area contributed by atoms with Crippen molar-refractivity contribution < 1.29 is 23.9 Å². The Kier molecular flexibility index (Phi) is 4.70. The lowest BCUT2D eigenvalue weighted by Gasteiger charge is -2.46. The summed E-state index contributed by atoms with van der Waals surface area (Å²) in [5.41, 5.74) is 0.930. The third-order valence-electron chi connectivity index (χ3n) is 4.69. The molecule has 2 aliphatic heterocycles. The molecule has 1 saturated heterocycles. The van der Waals surface area contributed by atoms with Gasteiger partial charge in [-0.3, -0.25) is 14.4 Å².